The Morgan fingerprint density at radius 2 is 1.64 bits per heavy atom. The summed E-state index contributed by atoms with van der Waals surface area (Å²) in [5.41, 5.74) is 0.475. The number of nitrogens with zero attached hydrogens (tertiary/aromatic N) is 4. The second kappa shape index (κ2) is 7.32. The van der Waals surface area contributed by atoms with Gasteiger partial charge in [-0.3, -0.25) is 10.1 Å². The lowest BCUT2D eigenvalue weighted by molar-refractivity contribution is -0.385. The summed E-state index contributed by atoms with van der Waals surface area (Å²) in [4.78, 5) is 21.0. The van der Waals surface area contributed by atoms with Crippen molar-refractivity contribution in [2.45, 2.75) is 0 Å². The fourth-order valence-corrected chi connectivity index (χ4v) is 2.95. The molecule has 0 atom stereocenters. The fourth-order valence-electron chi connectivity index (χ4n) is 2.95. The Bertz CT molecular complexity index is 1150. The molecule has 0 aliphatic carbocycles. The highest BCUT2D eigenvalue weighted by molar-refractivity contribution is 5.84. The van der Waals surface area contributed by atoms with Gasteiger partial charge in [0.25, 0.3) is 0 Å². The molecule has 0 fully saturated rings. The SMILES string of the molecule is CN(c1ccccc1)c1ncnc(Oc2ccc3ccccc3c2)c1[N+](=O)[O-]. The molecule has 0 saturated carbocycles. The van der Waals surface area contributed by atoms with Crippen LogP contribution in [0.4, 0.5) is 17.2 Å². The average molecular weight is 372 g/mol. The molecule has 0 N–H and O–H groups in total. The highest BCUT2D eigenvalue weighted by atomic mass is 16.6. The maximum Gasteiger partial charge on any atom is 0.373 e. The van der Waals surface area contributed by atoms with Crippen molar-refractivity contribution in [2.75, 3.05) is 11.9 Å². The summed E-state index contributed by atoms with van der Waals surface area (Å²) in [7, 11) is 1.71. The average Bonchev–Trinajstić information content (AvgIpc) is 2.73. The van der Waals surface area contributed by atoms with Crippen LogP contribution in [0.5, 0.6) is 11.6 Å². The van der Waals surface area contributed by atoms with E-state index in [1.807, 2.05) is 66.7 Å². The zero-order valence-corrected chi connectivity index (χ0v) is 15.0. The van der Waals surface area contributed by atoms with E-state index < -0.39 is 4.92 Å². The summed E-state index contributed by atoms with van der Waals surface area (Å²) < 4.78 is 5.79. The number of benzene rings is 3. The van der Waals surface area contributed by atoms with Crippen LogP contribution < -0.4 is 9.64 Å². The zero-order chi connectivity index (χ0) is 19.5. The highest BCUT2D eigenvalue weighted by Crippen LogP contribution is 2.38. The van der Waals surface area contributed by atoms with Crippen molar-refractivity contribution in [3.63, 3.8) is 0 Å². The molecule has 0 radical (unpaired) electrons. The number of para-hydroxylation sites is 1. The minimum absolute atomic E-state index is 0.104. The molecule has 0 amide bonds. The molecule has 0 spiro atoms. The van der Waals surface area contributed by atoms with Gasteiger partial charge in [0.1, 0.15) is 12.1 Å². The van der Waals surface area contributed by atoms with E-state index in [-0.39, 0.29) is 17.4 Å². The van der Waals surface area contributed by atoms with Crippen LogP contribution in [0.2, 0.25) is 0 Å². The van der Waals surface area contributed by atoms with Crippen LogP contribution in [0.1, 0.15) is 0 Å². The fraction of sp³-hybridized carbons (Fsp3) is 0.0476. The van der Waals surface area contributed by atoms with Crippen LogP contribution in [0.25, 0.3) is 10.8 Å². The van der Waals surface area contributed by atoms with Crippen molar-refractivity contribution < 1.29 is 9.66 Å². The lowest BCUT2D eigenvalue weighted by Crippen LogP contribution is -2.14. The van der Waals surface area contributed by atoms with Crippen molar-refractivity contribution in [3.8, 4) is 11.6 Å². The van der Waals surface area contributed by atoms with Gasteiger partial charge in [-0.2, -0.15) is 4.98 Å². The second-order valence-electron chi connectivity index (χ2n) is 6.11. The van der Waals surface area contributed by atoms with Crippen LogP contribution in [-0.4, -0.2) is 21.9 Å². The first-order valence-corrected chi connectivity index (χ1v) is 8.58. The van der Waals surface area contributed by atoms with Gasteiger partial charge >= 0.3 is 11.6 Å². The Morgan fingerprint density at radius 1 is 0.929 bits per heavy atom. The van der Waals surface area contributed by atoms with Crippen LogP contribution in [0.3, 0.4) is 0 Å². The number of rotatable bonds is 5. The van der Waals surface area contributed by atoms with Gasteiger partial charge in [0.05, 0.1) is 4.92 Å². The van der Waals surface area contributed by atoms with E-state index in [9.17, 15) is 10.1 Å². The summed E-state index contributed by atoms with van der Waals surface area (Å²) >= 11 is 0. The Kier molecular flexibility index (Phi) is 4.55. The third kappa shape index (κ3) is 3.33. The van der Waals surface area contributed by atoms with E-state index >= 15 is 0 Å². The van der Waals surface area contributed by atoms with Gasteiger partial charge in [-0.05, 0) is 35.0 Å². The smallest absolute Gasteiger partial charge is 0.373 e. The van der Waals surface area contributed by atoms with Gasteiger partial charge in [-0.25, -0.2) is 4.98 Å². The molecule has 0 aliphatic rings. The maximum atomic E-state index is 11.8. The number of hydrogen-bond donors (Lipinski definition) is 0. The minimum atomic E-state index is -0.523. The first-order chi connectivity index (χ1) is 13.6. The van der Waals surface area contributed by atoms with E-state index in [1.165, 1.54) is 6.33 Å². The van der Waals surface area contributed by atoms with E-state index in [1.54, 1.807) is 18.0 Å². The molecule has 0 unspecified atom stereocenters. The molecule has 0 saturated heterocycles. The molecule has 0 aliphatic heterocycles. The molecule has 28 heavy (non-hydrogen) atoms. The van der Waals surface area contributed by atoms with E-state index in [4.69, 9.17) is 4.74 Å². The van der Waals surface area contributed by atoms with Crippen molar-refractivity contribution in [2.24, 2.45) is 0 Å². The number of hydrogen-bond acceptors (Lipinski definition) is 6. The van der Waals surface area contributed by atoms with Crippen molar-refractivity contribution in [1.29, 1.82) is 0 Å². The third-order valence-electron chi connectivity index (χ3n) is 4.35. The number of fused-ring (bicyclic) bond motifs is 1. The monoisotopic (exact) mass is 372 g/mol. The van der Waals surface area contributed by atoms with Crippen LogP contribution >= 0.6 is 0 Å². The first kappa shape index (κ1) is 17.4. The quantitative estimate of drug-likeness (QED) is 0.358. The number of aromatic nitrogens is 2. The predicted octanol–water partition coefficient (Wildman–Crippen LogP) is 5.10. The molecular weight excluding hydrogens is 356 g/mol. The van der Waals surface area contributed by atoms with Gasteiger partial charge in [-0.1, -0.05) is 48.5 Å². The van der Waals surface area contributed by atoms with Crippen LogP contribution in [-0.2, 0) is 0 Å². The molecule has 3 aromatic carbocycles. The lowest BCUT2D eigenvalue weighted by atomic mass is 10.1. The normalized spacial score (nSPS) is 10.6. The molecule has 7 heteroatoms. The summed E-state index contributed by atoms with van der Waals surface area (Å²) in [5.74, 6) is 0.517. The van der Waals surface area contributed by atoms with E-state index in [0.717, 1.165) is 16.5 Å². The Balaban J connectivity index is 1.75. The molecule has 1 aromatic heterocycles. The minimum Gasteiger partial charge on any atom is -0.434 e. The summed E-state index contributed by atoms with van der Waals surface area (Å²) in [6.07, 6.45) is 1.26. The van der Waals surface area contributed by atoms with Gasteiger partial charge in [0.15, 0.2) is 0 Å². The third-order valence-corrected chi connectivity index (χ3v) is 4.35. The number of ether oxygens (including phenoxy) is 1. The molecule has 0 bridgehead atoms. The Morgan fingerprint density at radius 3 is 2.39 bits per heavy atom. The number of nitro groups is 1. The molecule has 7 nitrogen and oxygen atoms in total. The van der Waals surface area contributed by atoms with Crippen molar-refractivity contribution in [3.05, 3.63) is 89.2 Å². The van der Waals surface area contributed by atoms with Gasteiger partial charge in [0.2, 0.25) is 5.82 Å². The molecule has 1 heterocycles. The first-order valence-electron chi connectivity index (χ1n) is 8.58. The number of anilines is 2. The van der Waals surface area contributed by atoms with E-state index in [0.29, 0.717) is 5.75 Å². The van der Waals surface area contributed by atoms with E-state index in [2.05, 4.69) is 9.97 Å². The van der Waals surface area contributed by atoms with Gasteiger partial charge in [0, 0.05) is 12.7 Å². The Hall–Kier alpha value is -4.00. The van der Waals surface area contributed by atoms with Crippen LogP contribution in [0, 0.1) is 10.1 Å². The predicted molar refractivity (Wildman–Crippen MR) is 107 cm³/mol. The standard InChI is InChI=1S/C21H16N4O3/c1-24(17-9-3-2-4-10-17)20-19(25(26)27)21(23-14-22-20)28-18-12-11-15-7-5-6-8-16(15)13-18/h2-14H,1H3. The second-order valence-corrected chi connectivity index (χ2v) is 6.11. The lowest BCUT2D eigenvalue weighted by Gasteiger charge is -2.18. The molecule has 138 valence electrons. The zero-order valence-electron chi connectivity index (χ0n) is 15.0. The van der Waals surface area contributed by atoms with Crippen molar-refractivity contribution in [1.82, 2.24) is 9.97 Å². The Labute approximate surface area is 161 Å². The topological polar surface area (TPSA) is 81.4 Å². The highest BCUT2D eigenvalue weighted by Gasteiger charge is 2.28. The van der Waals surface area contributed by atoms with Crippen molar-refractivity contribution >= 4 is 28.0 Å². The largest absolute Gasteiger partial charge is 0.434 e. The molecule has 4 rings (SSSR count). The summed E-state index contributed by atoms with van der Waals surface area (Å²) in [6.45, 7) is 0. The van der Waals surface area contributed by atoms with Crippen LogP contribution in [0.15, 0.2) is 79.1 Å². The van der Waals surface area contributed by atoms with Gasteiger partial charge in [-0.15, -0.1) is 0 Å². The summed E-state index contributed by atoms with van der Waals surface area (Å²) in [6, 6.07) is 22.5. The maximum absolute atomic E-state index is 11.8. The summed E-state index contributed by atoms with van der Waals surface area (Å²) in [5, 5.41) is 13.8. The molecule has 4 aromatic rings. The molecular formula is C21H16N4O3. The van der Waals surface area contributed by atoms with Gasteiger partial charge < -0.3 is 9.64 Å².